The van der Waals surface area contributed by atoms with Gasteiger partial charge < -0.3 is 19.9 Å². The van der Waals surface area contributed by atoms with Crippen LogP contribution in [0, 0.1) is 0 Å². The first kappa shape index (κ1) is 13.8. The Labute approximate surface area is 111 Å². The van der Waals surface area contributed by atoms with E-state index in [1.54, 1.807) is 18.3 Å². The lowest BCUT2D eigenvalue weighted by atomic mass is 10.2. The lowest BCUT2D eigenvalue weighted by molar-refractivity contribution is -0.165. The van der Waals surface area contributed by atoms with E-state index < -0.39 is 5.91 Å². The van der Waals surface area contributed by atoms with Crippen LogP contribution < -0.4 is 10.5 Å². The molecule has 0 aromatic carbocycles. The molecule has 1 atom stereocenters. The molecule has 2 heterocycles. The van der Waals surface area contributed by atoms with Gasteiger partial charge in [-0.25, -0.2) is 4.98 Å². The molecule has 6 nitrogen and oxygen atoms in total. The second-order valence-corrected chi connectivity index (χ2v) is 4.24. The van der Waals surface area contributed by atoms with Crippen molar-refractivity contribution in [1.29, 1.82) is 0 Å². The van der Waals surface area contributed by atoms with Crippen LogP contribution in [0.1, 0.15) is 29.6 Å². The van der Waals surface area contributed by atoms with Gasteiger partial charge in [0.2, 0.25) is 5.88 Å². The van der Waals surface area contributed by atoms with Crippen LogP contribution in [0.4, 0.5) is 0 Å². The standard InChI is InChI=1S/C13H18N2O4/c14-12(16)10-4-3-6-15-13(10)19-9-8-18-11-5-1-2-7-17-11/h3-4,6,11H,1-2,5,7-9H2,(H2,14,16). The predicted octanol–water partition coefficient (Wildman–Crippen LogP) is 1.10. The molecule has 1 aromatic heterocycles. The van der Waals surface area contributed by atoms with Crippen molar-refractivity contribution < 1.29 is 19.0 Å². The molecule has 19 heavy (non-hydrogen) atoms. The molecule has 1 aromatic rings. The van der Waals surface area contributed by atoms with E-state index in [9.17, 15) is 4.79 Å². The smallest absolute Gasteiger partial charge is 0.254 e. The number of primary amides is 1. The van der Waals surface area contributed by atoms with E-state index in [0.29, 0.717) is 13.2 Å². The van der Waals surface area contributed by atoms with Gasteiger partial charge in [-0.15, -0.1) is 0 Å². The fourth-order valence-electron chi connectivity index (χ4n) is 1.85. The normalized spacial score (nSPS) is 19.1. The number of hydrogen-bond acceptors (Lipinski definition) is 5. The quantitative estimate of drug-likeness (QED) is 0.779. The van der Waals surface area contributed by atoms with Gasteiger partial charge in [0.1, 0.15) is 12.2 Å². The van der Waals surface area contributed by atoms with Crippen molar-refractivity contribution in [1.82, 2.24) is 4.98 Å². The topological polar surface area (TPSA) is 83.7 Å². The van der Waals surface area contributed by atoms with Crippen molar-refractivity contribution in [3.63, 3.8) is 0 Å². The van der Waals surface area contributed by atoms with E-state index >= 15 is 0 Å². The maximum atomic E-state index is 11.2. The predicted molar refractivity (Wildman–Crippen MR) is 67.8 cm³/mol. The number of hydrogen-bond donors (Lipinski definition) is 1. The Bertz CT molecular complexity index is 419. The molecule has 1 aliphatic rings. The Balaban J connectivity index is 1.74. The zero-order valence-electron chi connectivity index (χ0n) is 10.7. The number of carbonyl (C=O) groups is 1. The highest BCUT2D eigenvalue weighted by Crippen LogP contribution is 2.15. The molecule has 1 unspecified atom stereocenters. The molecule has 0 saturated carbocycles. The van der Waals surface area contributed by atoms with Crippen molar-refractivity contribution >= 4 is 5.91 Å². The molecular formula is C13H18N2O4. The summed E-state index contributed by atoms with van der Waals surface area (Å²) in [6.45, 7) is 1.44. The van der Waals surface area contributed by atoms with Crippen LogP contribution in [0.2, 0.25) is 0 Å². The summed E-state index contributed by atoms with van der Waals surface area (Å²) in [5.74, 6) is -0.317. The molecule has 2 rings (SSSR count). The molecule has 1 saturated heterocycles. The Morgan fingerprint density at radius 2 is 2.37 bits per heavy atom. The minimum absolute atomic E-state index is 0.142. The lowest BCUT2D eigenvalue weighted by Crippen LogP contribution is -2.24. The van der Waals surface area contributed by atoms with Crippen molar-refractivity contribution in [2.24, 2.45) is 5.73 Å². The summed E-state index contributed by atoms with van der Waals surface area (Å²) in [5.41, 5.74) is 5.50. The third-order valence-electron chi connectivity index (χ3n) is 2.80. The number of pyridine rings is 1. The van der Waals surface area contributed by atoms with Crippen molar-refractivity contribution in [3.8, 4) is 5.88 Å². The van der Waals surface area contributed by atoms with Gasteiger partial charge in [0.25, 0.3) is 5.91 Å². The first-order chi connectivity index (χ1) is 9.27. The first-order valence-corrected chi connectivity index (χ1v) is 6.38. The van der Waals surface area contributed by atoms with Crippen LogP contribution in [-0.2, 0) is 9.47 Å². The third-order valence-corrected chi connectivity index (χ3v) is 2.80. The molecule has 0 spiro atoms. The second kappa shape index (κ2) is 7.06. The highest BCUT2D eigenvalue weighted by molar-refractivity contribution is 5.94. The summed E-state index contributed by atoms with van der Waals surface area (Å²) < 4.78 is 16.3. The SMILES string of the molecule is NC(=O)c1cccnc1OCCOC1CCCCO1. The average Bonchev–Trinajstić information content (AvgIpc) is 2.45. The molecule has 1 aliphatic heterocycles. The average molecular weight is 266 g/mol. The van der Waals surface area contributed by atoms with Gasteiger partial charge in [0.05, 0.1) is 6.61 Å². The number of nitrogens with zero attached hydrogens (tertiary/aromatic N) is 1. The van der Waals surface area contributed by atoms with Crippen LogP contribution in [0.25, 0.3) is 0 Å². The molecule has 0 radical (unpaired) electrons. The van der Waals surface area contributed by atoms with Crippen LogP contribution >= 0.6 is 0 Å². The zero-order valence-corrected chi connectivity index (χ0v) is 10.7. The van der Waals surface area contributed by atoms with E-state index in [0.717, 1.165) is 25.9 Å². The summed E-state index contributed by atoms with van der Waals surface area (Å²) in [6.07, 6.45) is 4.53. The Morgan fingerprint density at radius 3 is 3.11 bits per heavy atom. The molecule has 1 fully saturated rings. The summed E-state index contributed by atoms with van der Waals surface area (Å²) in [4.78, 5) is 15.1. The van der Waals surface area contributed by atoms with Crippen LogP contribution in [-0.4, -0.2) is 37.0 Å². The molecule has 0 bridgehead atoms. The highest BCUT2D eigenvalue weighted by Gasteiger charge is 2.14. The molecule has 104 valence electrons. The van der Waals surface area contributed by atoms with Gasteiger partial charge in [0, 0.05) is 12.8 Å². The number of ether oxygens (including phenoxy) is 3. The summed E-state index contributed by atoms with van der Waals surface area (Å²) in [5, 5.41) is 0. The highest BCUT2D eigenvalue weighted by atomic mass is 16.7. The van der Waals surface area contributed by atoms with Gasteiger partial charge in [-0.05, 0) is 31.4 Å². The summed E-state index contributed by atoms with van der Waals surface area (Å²) >= 11 is 0. The summed E-state index contributed by atoms with van der Waals surface area (Å²) in [7, 11) is 0. The van der Waals surface area contributed by atoms with E-state index in [4.69, 9.17) is 19.9 Å². The maximum Gasteiger partial charge on any atom is 0.254 e. The van der Waals surface area contributed by atoms with Gasteiger partial charge in [0.15, 0.2) is 6.29 Å². The van der Waals surface area contributed by atoms with Crippen molar-refractivity contribution in [3.05, 3.63) is 23.9 Å². The Kier molecular flexibility index (Phi) is 5.11. The fourth-order valence-corrected chi connectivity index (χ4v) is 1.85. The minimum Gasteiger partial charge on any atom is -0.475 e. The lowest BCUT2D eigenvalue weighted by Gasteiger charge is -2.22. The molecule has 0 aliphatic carbocycles. The third kappa shape index (κ3) is 4.18. The molecule has 1 amide bonds. The Hall–Kier alpha value is -1.66. The van der Waals surface area contributed by atoms with Gasteiger partial charge in [-0.2, -0.15) is 0 Å². The van der Waals surface area contributed by atoms with Crippen LogP contribution in [0.3, 0.4) is 0 Å². The van der Waals surface area contributed by atoms with E-state index in [1.807, 2.05) is 0 Å². The number of amides is 1. The van der Waals surface area contributed by atoms with E-state index in [-0.39, 0.29) is 17.7 Å². The van der Waals surface area contributed by atoms with E-state index in [2.05, 4.69) is 4.98 Å². The number of aromatic nitrogens is 1. The fraction of sp³-hybridized carbons (Fsp3) is 0.538. The largest absolute Gasteiger partial charge is 0.475 e. The summed E-state index contributed by atoms with van der Waals surface area (Å²) in [6, 6.07) is 3.22. The van der Waals surface area contributed by atoms with E-state index in [1.165, 1.54) is 0 Å². The molecule has 2 N–H and O–H groups in total. The van der Waals surface area contributed by atoms with Crippen LogP contribution in [0.15, 0.2) is 18.3 Å². The van der Waals surface area contributed by atoms with Gasteiger partial charge in [-0.3, -0.25) is 4.79 Å². The minimum atomic E-state index is -0.556. The van der Waals surface area contributed by atoms with Crippen LogP contribution in [0.5, 0.6) is 5.88 Å². The maximum absolute atomic E-state index is 11.2. The zero-order chi connectivity index (χ0) is 13.5. The van der Waals surface area contributed by atoms with Gasteiger partial charge >= 0.3 is 0 Å². The second-order valence-electron chi connectivity index (χ2n) is 4.24. The Morgan fingerprint density at radius 1 is 1.47 bits per heavy atom. The van der Waals surface area contributed by atoms with Gasteiger partial charge in [-0.1, -0.05) is 0 Å². The molecule has 6 heteroatoms. The number of rotatable bonds is 6. The molecular weight excluding hydrogens is 248 g/mol. The van der Waals surface area contributed by atoms with Crippen molar-refractivity contribution in [2.75, 3.05) is 19.8 Å². The van der Waals surface area contributed by atoms with Crippen molar-refractivity contribution in [2.45, 2.75) is 25.6 Å². The monoisotopic (exact) mass is 266 g/mol. The first-order valence-electron chi connectivity index (χ1n) is 6.38. The number of nitrogens with two attached hydrogens (primary N) is 1. The number of carbonyl (C=O) groups excluding carboxylic acids is 1.